The summed E-state index contributed by atoms with van der Waals surface area (Å²) < 4.78 is 1.08. The van der Waals surface area contributed by atoms with Crippen molar-refractivity contribution in [2.75, 3.05) is 6.54 Å². The van der Waals surface area contributed by atoms with Gasteiger partial charge < -0.3 is 10.8 Å². The molecule has 19 heavy (non-hydrogen) atoms. The first-order chi connectivity index (χ1) is 8.89. The number of nitrogens with two attached hydrogens (primary N) is 1. The van der Waals surface area contributed by atoms with Gasteiger partial charge in [0.05, 0.1) is 6.10 Å². The molecule has 1 aromatic carbocycles. The van der Waals surface area contributed by atoms with Crippen molar-refractivity contribution >= 4 is 15.9 Å². The summed E-state index contributed by atoms with van der Waals surface area (Å²) in [5.41, 5.74) is 7.09. The van der Waals surface area contributed by atoms with Crippen LogP contribution < -0.4 is 5.73 Å². The number of halogens is 1. The van der Waals surface area contributed by atoms with Crippen LogP contribution in [0.3, 0.4) is 0 Å². The van der Waals surface area contributed by atoms with E-state index in [4.69, 9.17) is 5.73 Å². The smallest absolute Gasteiger partial charge is 0.0662 e. The van der Waals surface area contributed by atoms with Crippen LogP contribution in [0.4, 0.5) is 0 Å². The highest BCUT2D eigenvalue weighted by Crippen LogP contribution is 2.47. The molecule has 2 rings (SSSR count). The van der Waals surface area contributed by atoms with Crippen LogP contribution >= 0.6 is 15.9 Å². The van der Waals surface area contributed by atoms with E-state index in [1.807, 2.05) is 12.1 Å². The molecular formula is C16H24BrNO. The SMILES string of the molecule is CC1(C)CCCC(CN)(Cc2cccc(Br)c2)C1O. The molecule has 0 heterocycles. The van der Waals surface area contributed by atoms with Gasteiger partial charge in [0.15, 0.2) is 0 Å². The number of rotatable bonds is 3. The van der Waals surface area contributed by atoms with E-state index in [0.29, 0.717) is 6.54 Å². The maximum atomic E-state index is 10.8. The Labute approximate surface area is 124 Å². The molecule has 1 fully saturated rings. The van der Waals surface area contributed by atoms with Crippen molar-refractivity contribution in [3.8, 4) is 0 Å². The molecule has 2 nitrogen and oxygen atoms in total. The Morgan fingerprint density at radius 3 is 2.74 bits per heavy atom. The van der Waals surface area contributed by atoms with E-state index in [1.54, 1.807) is 0 Å². The number of aliphatic hydroxyl groups excluding tert-OH is 1. The van der Waals surface area contributed by atoms with Crippen LogP contribution in [-0.2, 0) is 6.42 Å². The third-order valence-electron chi connectivity index (χ3n) is 4.67. The molecule has 2 unspecified atom stereocenters. The zero-order valence-electron chi connectivity index (χ0n) is 11.8. The molecule has 0 saturated heterocycles. The van der Waals surface area contributed by atoms with E-state index in [1.165, 1.54) is 5.56 Å². The third-order valence-corrected chi connectivity index (χ3v) is 5.16. The van der Waals surface area contributed by atoms with Crippen molar-refractivity contribution in [3.63, 3.8) is 0 Å². The topological polar surface area (TPSA) is 46.2 Å². The summed E-state index contributed by atoms with van der Waals surface area (Å²) in [7, 11) is 0. The van der Waals surface area contributed by atoms with Crippen molar-refractivity contribution in [1.82, 2.24) is 0 Å². The Balaban J connectivity index is 2.27. The van der Waals surface area contributed by atoms with Crippen molar-refractivity contribution in [1.29, 1.82) is 0 Å². The molecule has 1 saturated carbocycles. The lowest BCUT2D eigenvalue weighted by atomic mass is 9.59. The van der Waals surface area contributed by atoms with Crippen molar-refractivity contribution in [2.45, 2.75) is 45.6 Å². The largest absolute Gasteiger partial charge is 0.392 e. The first-order valence-electron chi connectivity index (χ1n) is 7.02. The van der Waals surface area contributed by atoms with Gasteiger partial charge in [0.2, 0.25) is 0 Å². The summed E-state index contributed by atoms with van der Waals surface area (Å²) in [6.45, 7) is 4.86. The van der Waals surface area contributed by atoms with Gasteiger partial charge in [-0.15, -0.1) is 0 Å². The molecule has 0 bridgehead atoms. The van der Waals surface area contributed by atoms with Crippen LogP contribution in [-0.4, -0.2) is 17.8 Å². The van der Waals surface area contributed by atoms with Crippen LogP contribution in [0.25, 0.3) is 0 Å². The Hall–Kier alpha value is -0.380. The molecule has 106 valence electrons. The van der Waals surface area contributed by atoms with Crippen molar-refractivity contribution < 1.29 is 5.11 Å². The normalized spacial score (nSPS) is 30.3. The Morgan fingerprint density at radius 1 is 1.37 bits per heavy atom. The van der Waals surface area contributed by atoms with E-state index in [0.717, 1.165) is 30.2 Å². The third kappa shape index (κ3) is 3.04. The van der Waals surface area contributed by atoms with Gasteiger partial charge in [-0.2, -0.15) is 0 Å². The lowest BCUT2D eigenvalue weighted by molar-refractivity contribution is -0.0884. The second-order valence-corrected chi connectivity index (χ2v) is 7.53. The molecule has 1 aromatic rings. The van der Waals surface area contributed by atoms with Crippen molar-refractivity contribution in [2.24, 2.45) is 16.6 Å². The van der Waals surface area contributed by atoms with Gasteiger partial charge in [-0.05, 0) is 42.4 Å². The van der Waals surface area contributed by atoms with E-state index in [2.05, 4.69) is 41.9 Å². The molecule has 0 aliphatic heterocycles. The minimum absolute atomic E-state index is 0.0381. The van der Waals surface area contributed by atoms with Crippen LogP contribution in [0.2, 0.25) is 0 Å². The fourth-order valence-electron chi connectivity index (χ4n) is 3.52. The summed E-state index contributed by atoms with van der Waals surface area (Å²) >= 11 is 3.51. The maximum absolute atomic E-state index is 10.8. The minimum Gasteiger partial charge on any atom is -0.392 e. The average Bonchev–Trinajstić information content (AvgIpc) is 2.35. The van der Waals surface area contributed by atoms with E-state index < -0.39 is 0 Å². The molecule has 3 N–H and O–H groups in total. The standard InChI is InChI=1S/C16H24BrNO/c1-15(2)7-4-8-16(11-18,14(15)19)10-12-5-3-6-13(17)9-12/h3,5-6,9,14,19H,4,7-8,10-11,18H2,1-2H3. The summed E-state index contributed by atoms with van der Waals surface area (Å²) in [4.78, 5) is 0. The van der Waals surface area contributed by atoms with Gasteiger partial charge in [0.1, 0.15) is 0 Å². The summed E-state index contributed by atoms with van der Waals surface area (Å²) in [5.74, 6) is 0. The Kier molecular flexibility index (Phi) is 4.38. The minimum atomic E-state index is -0.335. The monoisotopic (exact) mass is 325 g/mol. The molecule has 0 spiro atoms. The summed E-state index contributed by atoms with van der Waals surface area (Å²) in [6, 6.07) is 8.33. The second kappa shape index (κ2) is 5.55. The lowest BCUT2D eigenvalue weighted by Gasteiger charge is -2.49. The molecule has 3 heteroatoms. The van der Waals surface area contributed by atoms with Crippen LogP contribution in [0.5, 0.6) is 0 Å². The lowest BCUT2D eigenvalue weighted by Crippen LogP contribution is -2.53. The fourth-order valence-corrected chi connectivity index (χ4v) is 3.97. The van der Waals surface area contributed by atoms with E-state index in [9.17, 15) is 5.11 Å². The first kappa shape index (κ1) is 15.0. The Bertz CT molecular complexity index is 446. The number of aliphatic hydroxyl groups is 1. The zero-order valence-corrected chi connectivity index (χ0v) is 13.4. The highest BCUT2D eigenvalue weighted by molar-refractivity contribution is 9.10. The number of benzene rings is 1. The number of hydrogen-bond acceptors (Lipinski definition) is 2. The zero-order chi connectivity index (χ0) is 14.1. The Morgan fingerprint density at radius 2 is 2.11 bits per heavy atom. The summed E-state index contributed by atoms with van der Waals surface area (Å²) in [5, 5.41) is 10.8. The van der Waals surface area contributed by atoms with Crippen LogP contribution in [0.15, 0.2) is 28.7 Å². The molecule has 2 atom stereocenters. The molecule has 1 aliphatic rings. The maximum Gasteiger partial charge on any atom is 0.0662 e. The van der Waals surface area contributed by atoms with Gasteiger partial charge in [0.25, 0.3) is 0 Å². The molecule has 0 aromatic heterocycles. The van der Waals surface area contributed by atoms with Gasteiger partial charge in [-0.25, -0.2) is 0 Å². The van der Waals surface area contributed by atoms with Crippen LogP contribution in [0, 0.1) is 10.8 Å². The average molecular weight is 326 g/mol. The van der Waals surface area contributed by atoms with E-state index in [-0.39, 0.29) is 16.9 Å². The van der Waals surface area contributed by atoms with Crippen LogP contribution in [0.1, 0.15) is 38.7 Å². The summed E-state index contributed by atoms with van der Waals surface area (Å²) in [6.07, 6.45) is 3.76. The molecular weight excluding hydrogens is 302 g/mol. The fraction of sp³-hybridized carbons (Fsp3) is 0.625. The highest BCUT2D eigenvalue weighted by atomic mass is 79.9. The first-order valence-corrected chi connectivity index (χ1v) is 7.81. The predicted octanol–water partition coefficient (Wildman–Crippen LogP) is 3.51. The van der Waals surface area contributed by atoms with Gasteiger partial charge in [-0.3, -0.25) is 0 Å². The second-order valence-electron chi connectivity index (χ2n) is 6.62. The number of hydrogen-bond donors (Lipinski definition) is 2. The predicted molar refractivity (Wildman–Crippen MR) is 83.0 cm³/mol. The molecule has 0 radical (unpaired) electrons. The van der Waals surface area contributed by atoms with E-state index >= 15 is 0 Å². The van der Waals surface area contributed by atoms with Crippen molar-refractivity contribution in [3.05, 3.63) is 34.3 Å². The van der Waals surface area contributed by atoms with Gasteiger partial charge in [0, 0.05) is 16.4 Å². The molecule has 1 aliphatic carbocycles. The van der Waals surface area contributed by atoms with Gasteiger partial charge >= 0.3 is 0 Å². The highest BCUT2D eigenvalue weighted by Gasteiger charge is 2.47. The quantitative estimate of drug-likeness (QED) is 0.893. The van der Waals surface area contributed by atoms with Gasteiger partial charge in [-0.1, -0.05) is 48.3 Å². The molecule has 0 amide bonds.